The Kier molecular flexibility index (Phi) is 6.84. The molecule has 3 amide bonds. The summed E-state index contributed by atoms with van der Waals surface area (Å²) in [6.45, 7) is 2.85. The summed E-state index contributed by atoms with van der Waals surface area (Å²) in [4.78, 5) is 42.2. The number of halogens is 2. The first-order valence-corrected chi connectivity index (χ1v) is 9.84. The molecule has 0 aliphatic carbocycles. The van der Waals surface area contributed by atoms with Gasteiger partial charge < -0.3 is 19.4 Å². The average Bonchev–Trinajstić information content (AvgIpc) is 2.73. The Hall–Kier alpha value is -2.20. The van der Waals surface area contributed by atoms with Crippen LogP contribution in [0, 0.1) is 0 Å². The second-order valence-corrected chi connectivity index (χ2v) is 7.46. The number of piperazine rings is 1. The summed E-state index contributed by atoms with van der Waals surface area (Å²) in [5.74, 6) is -3.81. The fourth-order valence-electron chi connectivity index (χ4n) is 3.11. The number of carbonyl (C=O) groups excluding carboxylic acids is 3. The van der Waals surface area contributed by atoms with E-state index in [1.165, 1.54) is 34.1 Å². The van der Waals surface area contributed by atoms with Crippen LogP contribution in [-0.2, 0) is 14.3 Å². The van der Waals surface area contributed by atoms with E-state index >= 15 is 0 Å². The first-order chi connectivity index (χ1) is 13.5. The number of ether oxygens (including phenoxy) is 1. The van der Waals surface area contributed by atoms with Gasteiger partial charge in [0.15, 0.2) is 0 Å². The van der Waals surface area contributed by atoms with Crippen molar-refractivity contribution < 1.29 is 27.9 Å². The molecule has 28 heavy (non-hydrogen) atoms. The van der Waals surface area contributed by atoms with Crippen molar-refractivity contribution in [1.29, 1.82) is 0 Å². The predicted molar refractivity (Wildman–Crippen MR) is 98.2 cm³/mol. The van der Waals surface area contributed by atoms with Crippen molar-refractivity contribution >= 4 is 29.5 Å². The highest BCUT2D eigenvalue weighted by atomic mass is 32.2. The van der Waals surface area contributed by atoms with E-state index in [1.54, 1.807) is 4.90 Å². The van der Waals surface area contributed by atoms with Gasteiger partial charge >= 0.3 is 11.8 Å². The topological polar surface area (TPSA) is 70.2 Å². The summed E-state index contributed by atoms with van der Waals surface area (Å²) in [5.41, 5.74) is 0.405. The molecule has 1 aromatic carbocycles. The standard InChI is InChI=1S/C18H21F2N3O4S/c19-18(20)28-14-3-1-13(2-4-14)15(24)21-5-7-22(8-6-21)16(25)17(26)23-9-11-27-12-10-23/h1-4,18H,5-12H2. The first kappa shape index (κ1) is 20.5. The molecule has 0 radical (unpaired) electrons. The van der Waals surface area contributed by atoms with E-state index in [2.05, 4.69) is 0 Å². The van der Waals surface area contributed by atoms with Gasteiger partial charge in [-0.2, -0.15) is 8.78 Å². The quantitative estimate of drug-likeness (QED) is 0.549. The van der Waals surface area contributed by atoms with Crippen LogP contribution < -0.4 is 0 Å². The lowest BCUT2D eigenvalue weighted by Crippen LogP contribution is -2.55. The number of hydrogen-bond acceptors (Lipinski definition) is 5. The van der Waals surface area contributed by atoms with Gasteiger partial charge in [-0.1, -0.05) is 11.8 Å². The van der Waals surface area contributed by atoms with Gasteiger partial charge in [0, 0.05) is 49.7 Å². The van der Waals surface area contributed by atoms with E-state index in [-0.39, 0.29) is 19.0 Å². The fourth-order valence-corrected chi connectivity index (χ4v) is 3.61. The summed E-state index contributed by atoms with van der Waals surface area (Å²) < 4.78 is 29.9. The summed E-state index contributed by atoms with van der Waals surface area (Å²) in [6, 6.07) is 6.02. The molecule has 152 valence electrons. The number of nitrogens with zero attached hydrogens (tertiary/aromatic N) is 3. The van der Waals surface area contributed by atoms with Gasteiger partial charge in [-0.05, 0) is 24.3 Å². The first-order valence-electron chi connectivity index (χ1n) is 8.96. The third-order valence-corrected chi connectivity index (χ3v) is 5.38. The Bertz CT molecular complexity index is 718. The van der Waals surface area contributed by atoms with Crippen molar-refractivity contribution in [2.75, 3.05) is 52.5 Å². The van der Waals surface area contributed by atoms with Crippen molar-refractivity contribution in [2.45, 2.75) is 10.7 Å². The molecule has 2 saturated heterocycles. The van der Waals surface area contributed by atoms with Crippen LogP contribution in [0.2, 0.25) is 0 Å². The number of rotatable bonds is 3. The Morgan fingerprint density at radius 3 is 1.86 bits per heavy atom. The molecule has 0 atom stereocenters. The Balaban J connectivity index is 1.52. The molecule has 0 N–H and O–H groups in total. The van der Waals surface area contributed by atoms with Crippen molar-refractivity contribution in [3.8, 4) is 0 Å². The number of benzene rings is 1. The molecule has 3 rings (SSSR count). The zero-order valence-electron chi connectivity index (χ0n) is 15.2. The lowest BCUT2D eigenvalue weighted by Gasteiger charge is -2.35. The molecular weight excluding hydrogens is 392 g/mol. The van der Waals surface area contributed by atoms with E-state index in [1.807, 2.05) is 0 Å². The molecule has 1 aromatic rings. The maximum Gasteiger partial charge on any atom is 0.312 e. The van der Waals surface area contributed by atoms with Gasteiger partial charge in [-0.3, -0.25) is 14.4 Å². The summed E-state index contributed by atoms with van der Waals surface area (Å²) >= 11 is 0.426. The van der Waals surface area contributed by atoms with Crippen molar-refractivity contribution in [3.63, 3.8) is 0 Å². The highest BCUT2D eigenvalue weighted by molar-refractivity contribution is 7.99. The number of thioether (sulfide) groups is 1. The van der Waals surface area contributed by atoms with Gasteiger partial charge in [0.25, 0.3) is 11.7 Å². The lowest BCUT2D eigenvalue weighted by atomic mass is 10.2. The molecule has 2 heterocycles. The Morgan fingerprint density at radius 1 is 0.821 bits per heavy atom. The second-order valence-electron chi connectivity index (χ2n) is 6.39. The van der Waals surface area contributed by atoms with Crippen molar-refractivity contribution in [3.05, 3.63) is 29.8 Å². The zero-order valence-corrected chi connectivity index (χ0v) is 16.0. The van der Waals surface area contributed by atoms with Crippen LogP contribution in [0.15, 0.2) is 29.2 Å². The number of amides is 3. The smallest absolute Gasteiger partial charge is 0.312 e. The minimum Gasteiger partial charge on any atom is -0.378 e. The maximum atomic E-state index is 12.6. The lowest BCUT2D eigenvalue weighted by molar-refractivity contribution is -0.154. The van der Waals surface area contributed by atoms with Crippen LogP contribution >= 0.6 is 11.8 Å². The molecule has 0 spiro atoms. The molecular formula is C18H21F2N3O4S. The van der Waals surface area contributed by atoms with E-state index < -0.39 is 17.6 Å². The van der Waals surface area contributed by atoms with Crippen LogP contribution in [0.4, 0.5) is 8.78 Å². The predicted octanol–water partition coefficient (Wildman–Crippen LogP) is 1.14. The minimum atomic E-state index is -2.51. The van der Waals surface area contributed by atoms with Crippen LogP contribution in [0.3, 0.4) is 0 Å². The molecule has 10 heteroatoms. The number of hydrogen-bond donors (Lipinski definition) is 0. The van der Waals surface area contributed by atoms with Gasteiger partial charge in [0.05, 0.1) is 13.2 Å². The van der Waals surface area contributed by atoms with E-state index in [0.29, 0.717) is 61.6 Å². The minimum absolute atomic E-state index is 0.222. The fraction of sp³-hybridized carbons (Fsp3) is 0.500. The van der Waals surface area contributed by atoms with Crippen LogP contribution in [-0.4, -0.2) is 90.7 Å². The summed E-state index contributed by atoms with van der Waals surface area (Å²) in [6.07, 6.45) is 0. The third-order valence-electron chi connectivity index (χ3n) is 4.66. The molecule has 0 unspecified atom stereocenters. The van der Waals surface area contributed by atoms with E-state index in [4.69, 9.17) is 4.74 Å². The molecule has 2 aliphatic rings. The van der Waals surface area contributed by atoms with Crippen molar-refractivity contribution in [1.82, 2.24) is 14.7 Å². The van der Waals surface area contributed by atoms with Gasteiger partial charge in [-0.25, -0.2) is 0 Å². The normalized spacial score (nSPS) is 17.8. The number of carbonyl (C=O) groups is 3. The number of alkyl halides is 2. The van der Waals surface area contributed by atoms with Gasteiger partial charge in [-0.15, -0.1) is 0 Å². The monoisotopic (exact) mass is 413 g/mol. The SMILES string of the molecule is O=C(C(=O)N1CCN(C(=O)c2ccc(SC(F)F)cc2)CC1)N1CCOCC1. The van der Waals surface area contributed by atoms with E-state index in [9.17, 15) is 23.2 Å². The molecule has 2 aliphatic heterocycles. The van der Waals surface area contributed by atoms with Crippen LogP contribution in [0.25, 0.3) is 0 Å². The summed E-state index contributed by atoms with van der Waals surface area (Å²) in [5, 5.41) is 0. The van der Waals surface area contributed by atoms with Gasteiger partial charge in [0.1, 0.15) is 0 Å². The van der Waals surface area contributed by atoms with Crippen LogP contribution in [0.1, 0.15) is 10.4 Å². The Labute approximate surface area is 165 Å². The maximum absolute atomic E-state index is 12.6. The summed E-state index contributed by atoms with van der Waals surface area (Å²) in [7, 11) is 0. The highest BCUT2D eigenvalue weighted by Crippen LogP contribution is 2.25. The Morgan fingerprint density at radius 2 is 1.32 bits per heavy atom. The van der Waals surface area contributed by atoms with Crippen molar-refractivity contribution in [2.24, 2.45) is 0 Å². The largest absolute Gasteiger partial charge is 0.378 e. The second kappa shape index (κ2) is 9.33. The number of morpholine rings is 1. The van der Waals surface area contributed by atoms with E-state index in [0.717, 1.165) is 0 Å². The van der Waals surface area contributed by atoms with Crippen LogP contribution in [0.5, 0.6) is 0 Å². The zero-order chi connectivity index (χ0) is 20.1. The molecule has 0 aromatic heterocycles. The molecule has 2 fully saturated rings. The molecule has 0 saturated carbocycles. The molecule has 7 nitrogen and oxygen atoms in total. The van der Waals surface area contributed by atoms with Gasteiger partial charge in [0.2, 0.25) is 0 Å². The highest BCUT2D eigenvalue weighted by Gasteiger charge is 2.31. The third kappa shape index (κ3) is 4.99. The molecule has 0 bridgehead atoms. The average molecular weight is 413 g/mol.